The molecule has 0 aromatic heterocycles. The summed E-state index contributed by atoms with van der Waals surface area (Å²) in [6.07, 6.45) is 1.86. The van der Waals surface area contributed by atoms with Gasteiger partial charge in [-0.2, -0.15) is 0 Å². The zero-order chi connectivity index (χ0) is 11.5. The normalized spacial score (nSPS) is 20.1. The molecule has 1 unspecified atom stereocenters. The molecule has 16 heavy (non-hydrogen) atoms. The summed E-state index contributed by atoms with van der Waals surface area (Å²) in [5.41, 5.74) is 0.646. The number of benzene rings is 1. The first kappa shape index (κ1) is 11.5. The molecule has 4 heteroatoms. The number of hydrogen-bond donors (Lipinski definition) is 2. The molecular weight excluding hydrogens is 222 g/mol. The van der Waals surface area contributed by atoms with Crippen molar-refractivity contribution in [2.24, 2.45) is 0 Å². The second-order valence-corrected chi connectivity index (χ2v) is 4.54. The van der Waals surface area contributed by atoms with E-state index in [4.69, 9.17) is 0 Å². The van der Waals surface area contributed by atoms with Gasteiger partial charge in [-0.15, -0.1) is 12.6 Å². The van der Waals surface area contributed by atoms with E-state index in [-0.39, 0.29) is 18.6 Å². The SMILES string of the molecule is O=C(c1cccc(S)c1)N1CCCC1CO. The number of amides is 1. The highest BCUT2D eigenvalue weighted by molar-refractivity contribution is 7.80. The monoisotopic (exact) mass is 237 g/mol. The summed E-state index contributed by atoms with van der Waals surface area (Å²) in [7, 11) is 0. The van der Waals surface area contributed by atoms with Crippen molar-refractivity contribution < 1.29 is 9.90 Å². The van der Waals surface area contributed by atoms with Crippen LogP contribution < -0.4 is 0 Å². The van der Waals surface area contributed by atoms with Gasteiger partial charge < -0.3 is 10.0 Å². The zero-order valence-corrected chi connectivity index (χ0v) is 9.86. The Morgan fingerprint density at radius 2 is 2.38 bits per heavy atom. The molecular formula is C12H15NO2S. The van der Waals surface area contributed by atoms with Gasteiger partial charge in [-0.1, -0.05) is 6.07 Å². The van der Waals surface area contributed by atoms with Gasteiger partial charge in [0.25, 0.3) is 5.91 Å². The number of rotatable bonds is 2. The van der Waals surface area contributed by atoms with Crippen LogP contribution in [-0.4, -0.2) is 35.1 Å². The quantitative estimate of drug-likeness (QED) is 0.767. The number of carbonyl (C=O) groups is 1. The van der Waals surface area contributed by atoms with Crippen molar-refractivity contribution in [2.75, 3.05) is 13.2 Å². The molecule has 0 aliphatic carbocycles. The van der Waals surface area contributed by atoms with Crippen LogP contribution >= 0.6 is 12.6 Å². The molecule has 1 aromatic rings. The molecule has 0 radical (unpaired) electrons. The Kier molecular flexibility index (Phi) is 3.51. The van der Waals surface area contributed by atoms with Crippen LogP contribution in [0, 0.1) is 0 Å². The Labute approximate surface area is 100 Å². The first-order chi connectivity index (χ1) is 7.72. The lowest BCUT2D eigenvalue weighted by molar-refractivity contribution is 0.0677. The second-order valence-electron chi connectivity index (χ2n) is 4.03. The van der Waals surface area contributed by atoms with E-state index in [0.717, 1.165) is 24.3 Å². The molecule has 1 aliphatic rings. The molecule has 1 N–H and O–H groups in total. The van der Waals surface area contributed by atoms with Crippen molar-refractivity contribution >= 4 is 18.5 Å². The molecule has 86 valence electrons. The Morgan fingerprint density at radius 3 is 3.06 bits per heavy atom. The number of carbonyl (C=O) groups excluding carboxylic acids is 1. The van der Waals surface area contributed by atoms with E-state index in [2.05, 4.69) is 12.6 Å². The van der Waals surface area contributed by atoms with Crippen molar-refractivity contribution in [3.63, 3.8) is 0 Å². The van der Waals surface area contributed by atoms with Gasteiger partial charge >= 0.3 is 0 Å². The largest absolute Gasteiger partial charge is 0.394 e. The zero-order valence-electron chi connectivity index (χ0n) is 8.97. The van der Waals surface area contributed by atoms with Crippen LogP contribution in [0.5, 0.6) is 0 Å². The van der Waals surface area contributed by atoms with Crippen molar-refractivity contribution in [2.45, 2.75) is 23.8 Å². The van der Waals surface area contributed by atoms with Crippen molar-refractivity contribution in [1.29, 1.82) is 0 Å². The highest BCUT2D eigenvalue weighted by Gasteiger charge is 2.28. The van der Waals surface area contributed by atoms with Crippen LogP contribution in [0.15, 0.2) is 29.2 Å². The van der Waals surface area contributed by atoms with Crippen molar-refractivity contribution in [3.05, 3.63) is 29.8 Å². The first-order valence-corrected chi connectivity index (χ1v) is 5.88. The summed E-state index contributed by atoms with van der Waals surface area (Å²) in [5.74, 6) is -0.00699. The summed E-state index contributed by atoms with van der Waals surface area (Å²) in [6.45, 7) is 0.785. The Balaban J connectivity index is 2.18. The highest BCUT2D eigenvalue weighted by Crippen LogP contribution is 2.20. The smallest absolute Gasteiger partial charge is 0.254 e. The standard InChI is InChI=1S/C12H15NO2S/c14-8-10-4-2-6-13(10)12(15)9-3-1-5-11(16)7-9/h1,3,5,7,10,14,16H,2,4,6,8H2. The molecule has 1 amide bonds. The Bertz CT molecular complexity index is 394. The fourth-order valence-corrected chi connectivity index (χ4v) is 2.32. The predicted octanol–water partition coefficient (Wildman–Crippen LogP) is 1.57. The number of thiol groups is 1. The molecule has 1 aliphatic heterocycles. The topological polar surface area (TPSA) is 40.5 Å². The number of likely N-dealkylation sites (tertiary alicyclic amines) is 1. The molecule has 0 bridgehead atoms. The predicted molar refractivity (Wildman–Crippen MR) is 64.8 cm³/mol. The van der Waals surface area contributed by atoms with Gasteiger partial charge in [0.2, 0.25) is 0 Å². The van der Waals surface area contributed by atoms with E-state index in [1.807, 2.05) is 12.1 Å². The van der Waals surface area contributed by atoms with E-state index in [0.29, 0.717) is 5.56 Å². The molecule has 0 saturated carbocycles. The first-order valence-electron chi connectivity index (χ1n) is 5.43. The minimum absolute atomic E-state index is 0.00699. The van der Waals surface area contributed by atoms with Gasteiger partial charge in [-0.3, -0.25) is 4.79 Å². The molecule has 1 aromatic carbocycles. The van der Waals surface area contributed by atoms with E-state index >= 15 is 0 Å². The minimum atomic E-state index is -0.0175. The van der Waals surface area contributed by atoms with E-state index in [1.54, 1.807) is 17.0 Å². The van der Waals surface area contributed by atoms with Crippen LogP contribution in [0.2, 0.25) is 0 Å². The Hall–Kier alpha value is -1.00. The maximum atomic E-state index is 12.1. The molecule has 3 nitrogen and oxygen atoms in total. The lowest BCUT2D eigenvalue weighted by atomic mass is 10.2. The lowest BCUT2D eigenvalue weighted by Crippen LogP contribution is -2.37. The van der Waals surface area contributed by atoms with Crippen LogP contribution in [0.3, 0.4) is 0 Å². The molecule has 1 atom stereocenters. The molecule has 1 fully saturated rings. The van der Waals surface area contributed by atoms with Gasteiger partial charge in [0.05, 0.1) is 12.6 Å². The van der Waals surface area contributed by atoms with Gasteiger partial charge in [0.15, 0.2) is 0 Å². The number of aliphatic hydroxyl groups is 1. The van der Waals surface area contributed by atoms with Crippen LogP contribution in [0.25, 0.3) is 0 Å². The average Bonchev–Trinajstić information content (AvgIpc) is 2.76. The van der Waals surface area contributed by atoms with Crippen molar-refractivity contribution in [3.8, 4) is 0 Å². The second kappa shape index (κ2) is 4.89. The van der Waals surface area contributed by atoms with E-state index in [9.17, 15) is 9.90 Å². The third-order valence-electron chi connectivity index (χ3n) is 2.94. The molecule has 0 spiro atoms. The molecule has 1 heterocycles. The fourth-order valence-electron chi connectivity index (χ4n) is 2.10. The summed E-state index contributed by atoms with van der Waals surface area (Å²) < 4.78 is 0. The summed E-state index contributed by atoms with van der Waals surface area (Å²) in [5, 5.41) is 9.18. The molecule has 2 rings (SSSR count). The van der Waals surface area contributed by atoms with Gasteiger partial charge in [-0.05, 0) is 31.0 Å². The van der Waals surface area contributed by atoms with Crippen molar-refractivity contribution in [1.82, 2.24) is 4.90 Å². The van der Waals surface area contributed by atoms with Crippen LogP contribution in [-0.2, 0) is 0 Å². The van der Waals surface area contributed by atoms with E-state index < -0.39 is 0 Å². The third-order valence-corrected chi connectivity index (χ3v) is 3.22. The number of aliphatic hydroxyl groups excluding tert-OH is 1. The van der Waals surface area contributed by atoms with Gasteiger partial charge in [-0.25, -0.2) is 0 Å². The summed E-state index contributed by atoms with van der Waals surface area (Å²) in [6, 6.07) is 7.19. The lowest BCUT2D eigenvalue weighted by Gasteiger charge is -2.23. The fraction of sp³-hybridized carbons (Fsp3) is 0.417. The number of hydrogen-bond acceptors (Lipinski definition) is 3. The summed E-state index contributed by atoms with van der Waals surface area (Å²) >= 11 is 4.22. The number of nitrogens with zero attached hydrogens (tertiary/aromatic N) is 1. The maximum Gasteiger partial charge on any atom is 0.254 e. The van der Waals surface area contributed by atoms with Crippen LogP contribution in [0.1, 0.15) is 23.2 Å². The molecule has 1 saturated heterocycles. The third kappa shape index (κ3) is 2.23. The van der Waals surface area contributed by atoms with Gasteiger partial charge in [0.1, 0.15) is 0 Å². The minimum Gasteiger partial charge on any atom is -0.394 e. The van der Waals surface area contributed by atoms with Crippen LogP contribution in [0.4, 0.5) is 0 Å². The van der Waals surface area contributed by atoms with E-state index in [1.165, 1.54) is 0 Å². The average molecular weight is 237 g/mol. The highest BCUT2D eigenvalue weighted by atomic mass is 32.1. The Morgan fingerprint density at radius 1 is 1.56 bits per heavy atom. The maximum absolute atomic E-state index is 12.1. The van der Waals surface area contributed by atoms with Gasteiger partial charge in [0, 0.05) is 17.0 Å². The summed E-state index contributed by atoms with van der Waals surface area (Å²) in [4.78, 5) is 14.7.